The topological polar surface area (TPSA) is 189 Å². The first-order valence-corrected chi connectivity index (χ1v) is 11.7. The maximum absolute atomic E-state index is 13.4. The molecule has 0 saturated carbocycles. The summed E-state index contributed by atoms with van der Waals surface area (Å²) in [7, 11) is 0. The van der Waals surface area contributed by atoms with Crippen LogP contribution in [0, 0.1) is 16.7 Å². The molecule has 13 heteroatoms. The Morgan fingerprint density at radius 2 is 2.08 bits per heavy atom. The molecule has 3 aromatic heterocycles. The van der Waals surface area contributed by atoms with Gasteiger partial charge in [-0.15, -0.1) is 0 Å². The van der Waals surface area contributed by atoms with E-state index in [-0.39, 0.29) is 22.9 Å². The Morgan fingerprint density at radius 3 is 2.78 bits per heavy atom. The summed E-state index contributed by atoms with van der Waals surface area (Å²) in [4.78, 5) is 39.5. The second kappa shape index (κ2) is 8.74. The number of hydrogen-bond acceptors (Lipinski definition) is 9. The standard InChI is InChI=1S/C24H25N9O4/c1-24(2,3)18-14(5-4-8-32(18)23(35)36)33-20-16(19(26)27-11-28-20)17(31-33)21(34)30-22-29-13-9-12(10-25)6-7-15(13)37-22/h6-7,9,11,14,18H,4-5,8H2,1-3H3,(H,35,36)(H2,26,27,28)(H,29,30,34). The van der Waals surface area contributed by atoms with E-state index in [2.05, 4.69) is 25.4 Å². The molecule has 4 N–H and O–H groups in total. The second-order valence-electron chi connectivity index (χ2n) is 10.0. The molecule has 4 heterocycles. The van der Waals surface area contributed by atoms with Crippen LogP contribution in [0.2, 0.25) is 0 Å². The van der Waals surface area contributed by atoms with E-state index in [1.54, 1.807) is 22.9 Å². The van der Waals surface area contributed by atoms with Crippen molar-refractivity contribution in [1.82, 2.24) is 29.6 Å². The average molecular weight is 504 g/mol. The number of benzene rings is 1. The van der Waals surface area contributed by atoms with E-state index in [1.165, 1.54) is 11.2 Å². The number of aromatic nitrogens is 5. The lowest BCUT2D eigenvalue weighted by Gasteiger charge is -2.46. The zero-order chi connectivity index (χ0) is 26.5. The maximum Gasteiger partial charge on any atom is 0.407 e. The van der Waals surface area contributed by atoms with E-state index in [0.29, 0.717) is 41.7 Å². The molecule has 37 heavy (non-hydrogen) atoms. The Hall–Kier alpha value is -4.73. The summed E-state index contributed by atoms with van der Waals surface area (Å²) < 4.78 is 7.20. The predicted octanol–water partition coefficient (Wildman–Crippen LogP) is 3.40. The molecule has 4 aromatic rings. The Balaban J connectivity index is 1.57. The Kier molecular flexibility index (Phi) is 5.66. The molecule has 1 fully saturated rings. The molecule has 0 radical (unpaired) electrons. The number of nitrogens with one attached hydrogen (secondary N) is 1. The van der Waals surface area contributed by atoms with Gasteiger partial charge in [-0.1, -0.05) is 20.8 Å². The van der Waals surface area contributed by atoms with Gasteiger partial charge in [-0.2, -0.15) is 15.3 Å². The largest absolute Gasteiger partial charge is 0.465 e. The summed E-state index contributed by atoms with van der Waals surface area (Å²) in [6.45, 7) is 6.32. The maximum atomic E-state index is 13.4. The monoisotopic (exact) mass is 503 g/mol. The molecule has 0 aliphatic carbocycles. The molecule has 5 rings (SSSR count). The summed E-state index contributed by atoms with van der Waals surface area (Å²) in [6.07, 6.45) is 1.54. The number of nitrogen functional groups attached to an aromatic ring is 1. The van der Waals surface area contributed by atoms with Crippen molar-refractivity contribution in [3.63, 3.8) is 0 Å². The Morgan fingerprint density at radius 1 is 1.30 bits per heavy atom. The molecule has 2 unspecified atom stereocenters. The molecule has 190 valence electrons. The minimum Gasteiger partial charge on any atom is -0.465 e. The van der Waals surface area contributed by atoms with E-state index in [9.17, 15) is 14.7 Å². The number of oxazole rings is 1. The average Bonchev–Trinajstić information content (AvgIpc) is 3.44. The number of carbonyl (C=O) groups is 2. The normalized spacial score (nSPS) is 18.2. The molecular formula is C24H25N9O4. The molecule has 13 nitrogen and oxygen atoms in total. The molecule has 2 atom stereocenters. The molecule has 1 saturated heterocycles. The first-order valence-electron chi connectivity index (χ1n) is 11.7. The van der Waals surface area contributed by atoms with Gasteiger partial charge in [0.25, 0.3) is 5.91 Å². The number of carboxylic acid groups (broad SMARTS) is 1. The van der Waals surface area contributed by atoms with Crippen molar-refractivity contribution in [3.8, 4) is 6.07 Å². The third kappa shape index (κ3) is 4.16. The Labute approximate surface area is 210 Å². The van der Waals surface area contributed by atoms with Gasteiger partial charge in [0.15, 0.2) is 16.9 Å². The number of rotatable bonds is 3. The highest BCUT2D eigenvalue weighted by Gasteiger charge is 2.44. The van der Waals surface area contributed by atoms with Gasteiger partial charge in [0.1, 0.15) is 17.7 Å². The van der Waals surface area contributed by atoms with Crippen LogP contribution in [0.25, 0.3) is 22.1 Å². The number of amides is 2. The van der Waals surface area contributed by atoms with Gasteiger partial charge in [0.05, 0.1) is 29.1 Å². The van der Waals surface area contributed by atoms with Gasteiger partial charge < -0.3 is 20.2 Å². The lowest BCUT2D eigenvalue weighted by atomic mass is 9.77. The van der Waals surface area contributed by atoms with Crippen LogP contribution in [0.15, 0.2) is 28.9 Å². The van der Waals surface area contributed by atoms with E-state index in [0.717, 1.165) is 0 Å². The zero-order valence-corrected chi connectivity index (χ0v) is 20.5. The molecule has 1 aliphatic rings. The van der Waals surface area contributed by atoms with Crippen molar-refractivity contribution in [3.05, 3.63) is 35.8 Å². The van der Waals surface area contributed by atoms with Crippen LogP contribution < -0.4 is 11.1 Å². The third-order valence-corrected chi connectivity index (χ3v) is 6.52. The van der Waals surface area contributed by atoms with Crippen LogP contribution in [0.3, 0.4) is 0 Å². The van der Waals surface area contributed by atoms with Gasteiger partial charge >= 0.3 is 12.1 Å². The van der Waals surface area contributed by atoms with E-state index in [4.69, 9.17) is 15.4 Å². The summed E-state index contributed by atoms with van der Waals surface area (Å²) in [5.74, 6) is -0.577. The number of nitrogens with two attached hydrogens (primary N) is 1. The number of nitriles is 1. The van der Waals surface area contributed by atoms with Crippen molar-refractivity contribution >= 4 is 46.0 Å². The van der Waals surface area contributed by atoms with Crippen LogP contribution >= 0.6 is 0 Å². The second-order valence-corrected chi connectivity index (χ2v) is 10.0. The van der Waals surface area contributed by atoms with Crippen LogP contribution in [-0.2, 0) is 0 Å². The minimum absolute atomic E-state index is 0.0341. The van der Waals surface area contributed by atoms with Gasteiger partial charge in [-0.05, 0) is 36.5 Å². The lowest BCUT2D eigenvalue weighted by molar-refractivity contribution is 0.0247. The van der Waals surface area contributed by atoms with Gasteiger partial charge in [0, 0.05) is 6.54 Å². The van der Waals surface area contributed by atoms with Crippen molar-refractivity contribution < 1.29 is 19.1 Å². The van der Waals surface area contributed by atoms with Crippen molar-refractivity contribution in [2.75, 3.05) is 17.6 Å². The van der Waals surface area contributed by atoms with E-state index < -0.39 is 29.5 Å². The first-order chi connectivity index (χ1) is 17.6. The Bertz CT molecular complexity index is 1580. The predicted molar refractivity (Wildman–Crippen MR) is 133 cm³/mol. The zero-order valence-electron chi connectivity index (χ0n) is 20.5. The smallest absolute Gasteiger partial charge is 0.407 e. The SMILES string of the molecule is CC(C)(C)C1C(n2nc(C(=O)Nc3nc4cc(C#N)ccc4o3)c3c(N)ncnc32)CCCN1C(=O)O. The van der Waals surface area contributed by atoms with Crippen LogP contribution in [0.4, 0.5) is 16.6 Å². The van der Waals surface area contributed by atoms with Crippen LogP contribution in [0.1, 0.15) is 55.7 Å². The molecular weight excluding hydrogens is 478 g/mol. The molecule has 0 bridgehead atoms. The summed E-state index contributed by atoms with van der Waals surface area (Å²) in [5.41, 5.74) is 7.25. The highest BCUT2D eigenvalue weighted by atomic mass is 16.4. The number of anilines is 2. The first kappa shape index (κ1) is 24.0. The number of fused-ring (bicyclic) bond motifs is 2. The lowest BCUT2D eigenvalue weighted by Crippen LogP contribution is -2.54. The third-order valence-electron chi connectivity index (χ3n) is 6.52. The van der Waals surface area contributed by atoms with Crippen LogP contribution in [-0.4, -0.2) is 59.3 Å². The highest BCUT2D eigenvalue weighted by Crippen LogP contribution is 2.40. The van der Waals surface area contributed by atoms with Gasteiger partial charge in [0.2, 0.25) is 0 Å². The number of piperidine rings is 1. The minimum atomic E-state index is -1.01. The number of hydrogen-bond donors (Lipinski definition) is 3. The molecule has 0 spiro atoms. The summed E-state index contributed by atoms with van der Waals surface area (Å²) in [6, 6.07) is 5.86. The summed E-state index contributed by atoms with van der Waals surface area (Å²) >= 11 is 0. The van der Waals surface area contributed by atoms with Crippen molar-refractivity contribution in [1.29, 1.82) is 5.26 Å². The fraction of sp³-hybridized carbons (Fsp3) is 0.375. The summed E-state index contributed by atoms with van der Waals surface area (Å²) in [5, 5.41) is 26.4. The molecule has 1 aromatic carbocycles. The van der Waals surface area contributed by atoms with E-state index in [1.807, 2.05) is 26.8 Å². The van der Waals surface area contributed by atoms with E-state index >= 15 is 0 Å². The fourth-order valence-electron chi connectivity index (χ4n) is 5.08. The quantitative estimate of drug-likeness (QED) is 0.373. The number of carbonyl (C=O) groups excluding carboxylic acids is 1. The van der Waals surface area contributed by atoms with Gasteiger partial charge in [-0.3, -0.25) is 10.1 Å². The number of nitrogens with zero attached hydrogens (tertiary/aromatic N) is 7. The fourth-order valence-corrected chi connectivity index (χ4v) is 5.08. The van der Waals surface area contributed by atoms with Crippen LogP contribution in [0.5, 0.6) is 0 Å². The molecule has 2 amide bonds. The van der Waals surface area contributed by atoms with Gasteiger partial charge in [-0.25, -0.2) is 19.4 Å². The van der Waals surface area contributed by atoms with Crippen molar-refractivity contribution in [2.45, 2.75) is 45.7 Å². The molecule has 1 aliphatic heterocycles. The number of likely N-dealkylation sites (tertiary alicyclic amines) is 1. The van der Waals surface area contributed by atoms with Crippen molar-refractivity contribution in [2.24, 2.45) is 5.41 Å². The highest BCUT2D eigenvalue weighted by molar-refractivity contribution is 6.12.